The molecule has 4 heteroatoms. The number of hydrogen-bond donors (Lipinski definition) is 0. The van der Waals surface area contributed by atoms with Gasteiger partial charge in [-0.25, -0.2) is 4.31 Å². The predicted octanol–water partition coefficient (Wildman–Crippen LogP) is 1.05. The molecule has 1 saturated heterocycles. The molecular formula is C7H11NO2S. The summed E-state index contributed by atoms with van der Waals surface area (Å²) in [6.07, 6.45) is 0.381. The molecule has 0 bridgehead atoms. The zero-order chi connectivity index (χ0) is 8.43. The summed E-state index contributed by atoms with van der Waals surface area (Å²) in [5.74, 6) is 0.572. The first-order valence-corrected chi connectivity index (χ1v) is 4.60. The highest BCUT2D eigenvalue weighted by Gasteiger charge is 2.35. The van der Waals surface area contributed by atoms with E-state index in [-0.39, 0.29) is 17.7 Å². The van der Waals surface area contributed by atoms with Gasteiger partial charge in [-0.1, -0.05) is 13.8 Å². The van der Waals surface area contributed by atoms with Crippen molar-refractivity contribution < 1.29 is 9.59 Å². The first-order valence-electron chi connectivity index (χ1n) is 3.66. The lowest BCUT2D eigenvalue weighted by Crippen LogP contribution is -2.23. The second-order valence-electron chi connectivity index (χ2n) is 2.55. The van der Waals surface area contributed by atoms with Gasteiger partial charge in [0.1, 0.15) is 0 Å². The van der Waals surface area contributed by atoms with Crippen LogP contribution in [0.25, 0.3) is 0 Å². The smallest absolute Gasteiger partial charge is 0.242 e. The van der Waals surface area contributed by atoms with Crippen molar-refractivity contribution in [2.45, 2.75) is 20.3 Å². The van der Waals surface area contributed by atoms with Crippen molar-refractivity contribution in [2.24, 2.45) is 5.92 Å². The summed E-state index contributed by atoms with van der Waals surface area (Å²) in [6, 6.07) is 0. The molecule has 1 rings (SSSR count). The van der Waals surface area contributed by atoms with E-state index in [1.54, 1.807) is 6.92 Å². The third-order valence-electron chi connectivity index (χ3n) is 1.59. The number of carbonyl (C=O) groups excluding carboxylic acids is 2. The van der Waals surface area contributed by atoms with Gasteiger partial charge in [-0.15, -0.1) is 0 Å². The number of imide groups is 1. The molecule has 1 heterocycles. The van der Waals surface area contributed by atoms with Crippen molar-refractivity contribution in [1.29, 1.82) is 0 Å². The summed E-state index contributed by atoms with van der Waals surface area (Å²) in [7, 11) is 0. The van der Waals surface area contributed by atoms with Crippen LogP contribution in [0, 0.1) is 5.92 Å². The Morgan fingerprint density at radius 2 is 2.27 bits per heavy atom. The van der Waals surface area contributed by atoms with Crippen LogP contribution in [0.2, 0.25) is 0 Å². The lowest BCUT2D eigenvalue weighted by molar-refractivity contribution is -0.132. The minimum Gasteiger partial charge on any atom is -0.273 e. The van der Waals surface area contributed by atoms with Crippen LogP contribution >= 0.6 is 11.9 Å². The predicted molar refractivity (Wildman–Crippen MR) is 43.8 cm³/mol. The van der Waals surface area contributed by atoms with E-state index in [0.717, 1.165) is 5.75 Å². The third-order valence-corrected chi connectivity index (χ3v) is 2.49. The maximum Gasteiger partial charge on any atom is 0.242 e. The topological polar surface area (TPSA) is 37.4 Å². The molecule has 0 saturated carbocycles. The number of rotatable bonds is 2. The lowest BCUT2D eigenvalue weighted by atomic mass is 10.1. The summed E-state index contributed by atoms with van der Waals surface area (Å²) >= 11 is 1.29. The zero-order valence-electron chi connectivity index (χ0n) is 6.66. The molecule has 0 radical (unpaired) electrons. The normalized spacial score (nSPS) is 24.9. The molecule has 3 nitrogen and oxygen atoms in total. The standard InChI is InChI=1S/C7H11NO2S/c1-3-11-8-6(9)4-5(2)7(8)10/h5H,3-4H2,1-2H3. The fourth-order valence-electron chi connectivity index (χ4n) is 1.02. The average Bonchev–Trinajstić information content (AvgIpc) is 2.17. The zero-order valence-corrected chi connectivity index (χ0v) is 7.48. The van der Waals surface area contributed by atoms with Gasteiger partial charge in [-0.05, 0) is 11.9 Å². The fourth-order valence-corrected chi connectivity index (χ4v) is 1.80. The molecule has 0 aromatic carbocycles. The van der Waals surface area contributed by atoms with Gasteiger partial charge in [-0.3, -0.25) is 9.59 Å². The Kier molecular flexibility index (Phi) is 2.54. The van der Waals surface area contributed by atoms with E-state index in [4.69, 9.17) is 0 Å². The Morgan fingerprint density at radius 3 is 2.64 bits per heavy atom. The Hall–Kier alpha value is -0.510. The number of amides is 2. The summed E-state index contributed by atoms with van der Waals surface area (Å²) in [4.78, 5) is 22.3. The lowest BCUT2D eigenvalue weighted by Gasteiger charge is -2.09. The average molecular weight is 173 g/mol. The minimum absolute atomic E-state index is 0.0400. The maximum atomic E-state index is 11.2. The van der Waals surface area contributed by atoms with Crippen LogP contribution in [0.5, 0.6) is 0 Å². The van der Waals surface area contributed by atoms with Crippen molar-refractivity contribution in [2.75, 3.05) is 5.75 Å². The van der Waals surface area contributed by atoms with E-state index in [0.29, 0.717) is 6.42 Å². The minimum atomic E-state index is -0.110. The molecule has 0 spiro atoms. The largest absolute Gasteiger partial charge is 0.273 e. The van der Waals surface area contributed by atoms with Crippen molar-refractivity contribution in [3.05, 3.63) is 0 Å². The molecule has 1 unspecified atom stereocenters. The van der Waals surface area contributed by atoms with Crippen LogP contribution < -0.4 is 0 Å². The number of hydrogen-bond acceptors (Lipinski definition) is 3. The first-order chi connectivity index (χ1) is 5.16. The summed E-state index contributed by atoms with van der Waals surface area (Å²) in [5.41, 5.74) is 0. The molecule has 0 aromatic rings. The van der Waals surface area contributed by atoms with Crippen molar-refractivity contribution >= 4 is 23.8 Å². The van der Waals surface area contributed by atoms with E-state index in [2.05, 4.69) is 0 Å². The summed E-state index contributed by atoms with van der Waals surface area (Å²) in [6.45, 7) is 3.71. The van der Waals surface area contributed by atoms with E-state index < -0.39 is 0 Å². The molecule has 0 aliphatic carbocycles. The SMILES string of the molecule is CCSN1C(=O)CC(C)C1=O. The Labute approximate surface area is 70.3 Å². The first kappa shape index (κ1) is 8.59. The maximum absolute atomic E-state index is 11.2. The molecule has 1 atom stereocenters. The van der Waals surface area contributed by atoms with Crippen LogP contribution in [0.15, 0.2) is 0 Å². The highest BCUT2D eigenvalue weighted by Crippen LogP contribution is 2.25. The van der Waals surface area contributed by atoms with E-state index in [1.165, 1.54) is 16.3 Å². The monoisotopic (exact) mass is 173 g/mol. The third kappa shape index (κ3) is 1.56. The molecule has 2 amide bonds. The highest BCUT2D eigenvalue weighted by atomic mass is 32.2. The van der Waals surface area contributed by atoms with E-state index >= 15 is 0 Å². The molecule has 11 heavy (non-hydrogen) atoms. The Balaban J connectivity index is 2.64. The quantitative estimate of drug-likeness (QED) is 0.462. The van der Waals surface area contributed by atoms with Gasteiger partial charge in [0.25, 0.3) is 0 Å². The number of nitrogens with zero attached hydrogens (tertiary/aromatic N) is 1. The molecule has 62 valence electrons. The van der Waals surface area contributed by atoms with Gasteiger partial charge in [0.05, 0.1) is 0 Å². The van der Waals surface area contributed by atoms with Gasteiger partial charge < -0.3 is 0 Å². The Bertz CT molecular complexity index is 193. The van der Waals surface area contributed by atoms with Gasteiger partial charge in [0.15, 0.2) is 0 Å². The molecular weight excluding hydrogens is 162 g/mol. The van der Waals surface area contributed by atoms with Crippen molar-refractivity contribution in [1.82, 2.24) is 4.31 Å². The highest BCUT2D eigenvalue weighted by molar-refractivity contribution is 7.98. The summed E-state index contributed by atoms with van der Waals surface area (Å²) < 4.78 is 1.28. The van der Waals surface area contributed by atoms with Gasteiger partial charge in [0.2, 0.25) is 11.8 Å². The second kappa shape index (κ2) is 3.26. The van der Waals surface area contributed by atoms with Crippen LogP contribution in [0.3, 0.4) is 0 Å². The van der Waals surface area contributed by atoms with Crippen LogP contribution in [0.1, 0.15) is 20.3 Å². The van der Waals surface area contributed by atoms with Crippen molar-refractivity contribution in [3.63, 3.8) is 0 Å². The molecule has 1 aliphatic rings. The van der Waals surface area contributed by atoms with Crippen molar-refractivity contribution in [3.8, 4) is 0 Å². The van der Waals surface area contributed by atoms with Crippen LogP contribution in [-0.4, -0.2) is 21.9 Å². The van der Waals surface area contributed by atoms with Crippen LogP contribution in [-0.2, 0) is 9.59 Å². The fraction of sp³-hybridized carbons (Fsp3) is 0.714. The molecule has 1 fully saturated rings. The van der Waals surface area contributed by atoms with Gasteiger partial charge >= 0.3 is 0 Å². The van der Waals surface area contributed by atoms with E-state index in [9.17, 15) is 9.59 Å². The molecule has 0 N–H and O–H groups in total. The second-order valence-corrected chi connectivity index (χ2v) is 3.75. The van der Waals surface area contributed by atoms with Gasteiger partial charge in [-0.2, -0.15) is 0 Å². The van der Waals surface area contributed by atoms with E-state index in [1.807, 2.05) is 6.92 Å². The number of carbonyl (C=O) groups is 2. The van der Waals surface area contributed by atoms with Crippen LogP contribution in [0.4, 0.5) is 0 Å². The molecule has 0 aromatic heterocycles. The van der Waals surface area contributed by atoms with Gasteiger partial charge in [0, 0.05) is 18.1 Å². The molecule has 1 aliphatic heterocycles. The Morgan fingerprint density at radius 1 is 1.64 bits per heavy atom. The summed E-state index contributed by atoms with van der Waals surface area (Å²) in [5, 5.41) is 0.